The van der Waals surface area contributed by atoms with Crippen LogP contribution in [0.5, 0.6) is 0 Å². The number of aliphatic hydroxyl groups is 1. The van der Waals surface area contributed by atoms with Crippen LogP contribution in [0, 0.1) is 5.41 Å². The Morgan fingerprint density at radius 2 is 2.00 bits per heavy atom. The zero-order valence-electron chi connectivity index (χ0n) is 4.59. The lowest BCUT2D eigenvalue weighted by Gasteiger charge is -1.63. The third kappa shape index (κ3) is 70.9. The Hall–Kier alpha value is -0.900. The second-order valence-corrected chi connectivity index (χ2v) is 0.799. The number of hydrogen-bond donors (Lipinski definition) is 3. The summed E-state index contributed by atoms with van der Waals surface area (Å²) in [5.74, 6) is -1.20. The molecule has 0 bridgehead atoms. The van der Waals surface area contributed by atoms with E-state index in [9.17, 15) is 0 Å². The Morgan fingerprint density at radius 1 is 1.88 bits per heavy atom. The molecule has 4 heteroatoms. The maximum atomic E-state index is 9.12. The van der Waals surface area contributed by atoms with Gasteiger partial charge in [0.15, 0.2) is 0 Å². The van der Waals surface area contributed by atoms with Gasteiger partial charge in [0.2, 0.25) is 0 Å². The van der Waals surface area contributed by atoms with Crippen molar-refractivity contribution in [3.8, 4) is 0 Å². The summed E-state index contributed by atoms with van der Waals surface area (Å²) in [6.07, 6.45) is 0.333. The van der Waals surface area contributed by atoms with Gasteiger partial charge in [-0.2, -0.15) is 0 Å². The molecule has 0 heterocycles. The molecule has 48 valence electrons. The van der Waals surface area contributed by atoms with Crippen molar-refractivity contribution in [1.82, 2.24) is 0 Å². The van der Waals surface area contributed by atoms with E-state index in [2.05, 4.69) is 0 Å². The molecule has 0 amide bonds. The number of rotatable bonds is 1. The predicted molar refractivity (Wildman–Crippen MR) is 29.2 cm³/mol. The van der Waals surface area contributed by atoms with Gasteiger partial charge in [0, 0.05) is 6.61 Å². The van der Waals surface area contributed by atoms with Crippen LogP contribution < -0.4 is 0 Å². The lowest BCUT2D eigenvalue weighted by molar-refractivity contribution is -0.128. The molecule has 0 rings (SSSR count). The minimum Gasteiger partial charge on any atom is -0.477 e. The van der Waals surface area contributed by atoms with Crippen LogP contribution in [-0.2, 0) is 4.79 Å². The predicted octanol–water partition coefficient (Wildman–Crippen LogP) is -0.281. The Morgan fingerprint density at radius 3 is 2.00 bits per heavy atom. The van der Waals surface area contributed by atoms with Crippen molar-refractivity contribution in [2.75, 3.05) is 6.61 Å². The Kier molecular flexibility index (Phi) is 12.0. The second-order valence-electron chi connectivity index (χ2n) is 0.799. The minimum atomic E-state index is -1.20. The third-order valence-corrected chi connectivity index (χ3v) is 0.123. The zero-order chi connectivity index (χ0) is 6.99. The van der Waals surface area contributed by atoms with Crippen LogP contribution in [0.2, 0.25) is 0 Å². The van der Waals surface area contributed by atoms with Gasteiger partial charge in [0.1, 0.15) is 6.21 Å². The Bertz CT molecular complexity index is 71.7. The molecule has 3 N–H and O–H groups in total. The van der Waals surface area contributed by atoms with E-state index in [1.807, 2.05) is 0 Å². The molecule has 0 saturated carbocycles. The molecule has 0 fully saturated rings. The summed E-state index contributed by atoms with van der Waals surface area (Å²) in [6.45, 7) is 1.93. The number of aliphatic hydroxyl groups excluding tert-OH is 1. The van der Waals surface area contributed by atoms with Crippen LogP contribution in [0.3, 0.4) is 0 Å². The topological polar surface area (TPSA) is 81.4 Å². The molecule has 4 nitrogen and oxygen atoms in total. The molecule has 0 atom stereocenters. The first-order chi connectivity index (χ1) is 3.68. The Balaban J connectivity index is 0. The Labute approximate surface area is 47.3 Å². The van der Waals surface area contributed by atoms with Gasteiger partial charge in [0.25, 0.3) is 0 Å². The molecular weight excluding hydrogens is 110 g/mol. The van der Waals surface area contributed by atoms with Gasteiger partial charge < -0.3 is 15.6 Å². The van der Waals surface area contributed by atoms with Crippen molar-refractivity contribution >= 4 is 12.2 Å². The van der Waals surface area contributed by atoms with Crippen molar-refractivity contribution in [3.63, 3.8) is 0 Å². The van der Waals surface area contributed by atoms with Gasteiger partial charge in [-0.1, -0.05) is 0 Å². The molecule has 0 aromatic heterocycles. The summed E-state index contributed by atoms with van der Waals surface area (Å²) < 4.78 is 0. The highest BCUT2D eigenvalue weighted by atomic mass is 16.4. The summed E-state index contributed by atoms with van der Waals surface area (Å²) in [7, 11) is 0. The highest BCUT2D eigenvalue weighted by molar-refractivity contribution is 6.20. The normalized spacial score (nSPS) is 6.25. The summed E-state index contributed by atoms with van der Waals surface area (Å²) >= 11 is 0. The van der Waals surface area contributed by atoms with Crippen molar-refractivity contribution < 1.29 is 15.0 Å². The zero-order valence-corrected chi connectivity index (χ0v) is 4.59. The smallest absolute Gasteiger partial charge is 0.346 e. The summed E-state index contributed by atoms with van der Waals surface area (Å²) in [4.78, 5) is 9.12. The molecule has 0 radical (unpaired) electrons. The molecule has 8 heavy (non-hydrogen) atoms. The number of carboxylic acids is 1. The van der Waals surface area contributed by atoms with Gasteiger partial charge >= 0.3 is 5.97 Å². The molecule has 0 unspecified atom stereocenters. The van der Waals surface area contributed by atoms with E-state index in [4.69, 9.17) is 20.4 Å². The van der Waals surface area contributed by atoms with Gasteiger partial charge in [-0.3, -0.25) is 0 Å². The third-order valence-electron chi connectivity index (χ3n) is 0.123. The second kappa shape index (κ2) is 9.44. The summed E-state index contributed by atoms with van der Waals surface area (Å²) in [5, 5.41) is 21.0. The first-order valence-electron chi connectivity index (χ1n) is 2.03. The van der Waals surface area contributed by atoms with Crippen LogP contribution in [0.1, 0.15) is 6.92 Å². The van der Waals surface area contributed by atoms with Crippen LogP contribution in [0.15, 0.2) is 0 Å². The quantitative estimate of drug-likeness (QED) is 0.415. The highest BCUT2D eigenvalue weighted by Gasteiger charge is 1.76. The minimum absolute atomic E-state index is 0.250. The van der Waals surface area contributed by atoms with E-state index >= 15 is 0 Å². The van der Waals surface area contributed by atoms with Crippen LogP contribution in [0.25, 0.3) is 0 Å². The monoisotopic (exact) mass is 119 g/mol. The SMILES string of the molecule is CCO.N=CC(=O)O. The molecule has 0 aliphatic carbocycles. The van der Waals surface area contributed by atoms with Crippen molar-refractivity contribution in [2.24, 2.45) is 0 Å². The number of carboxylic acid groups (broad SMARTS) is 1. The standard InChI is InChI=1S/C2H3NO2.C2H6O/c3-1-2(4)5;1-2-3/h1,3H,(H,4,5);3H,2H2,1H3. The van der Waals surface area contributed by atoms with E-state index in [-0.39, 0.29) is 6.61 Å². The van der Waals surface area contributed by atoms with Crippen molar-refractivity contribution in [1.29, 1.82) is 5.41 Å². The fourth-order valence-corrected chi connectivity index (χ4v) is 0. The van der Waals surface area contributed by atoms with Gasteiger partial charge in [0.05, 0.1) is 0 Å². The first kappa shape index (κ1) is 10.2. The summed E-state index contributed by atoms with van der Waals surface area (Å²) in [5.41, 5.74) is 0. The molecule has 0 aromatic rings. The average Bonchev–Trinajstić information content (AvgIpc) is 1.69. The van der Waals surface area contributed by atoms with Gasteiger partial charge in [-0.05, 0) is 6.92 Å². The van der Waals surface area contributed by atoms with E-state index in [1.54, 1.807) is 6.92 Å². The molecule has 0 aromatic carbocycles. The maximum Gasteiger partial charge on any atom is 0.346 e. The molecular formula is C4H9NO3. The van der Waals surface area contributed by atoms with Crippen molar-refractivity contribution in [3.05, 3.63) is 0 Å². The fraction of sp³-hybridized carbons (Fsp3) is 0.500. The molecule has 0 saturated heterocycles. The molecule has 0 aliphatic rings. The van der Waals surface area contributed by atoms with E-state index in [0.717, 1.165) is 0 Å². The lowest BCUT2D eigenvalue weighted by atomic mass is 10.8. The first-order valence-corrected chi connectivity index (χ1v) is 2.03. The summed E-state index contributed by atoms with van der Waals surface area (Å²) in [6, 6.07) is 0. The number of nitrogens with one attached hydrogen (secondary N) is 1. The van der Waals surface area contributed by atoms with Crippen molar-refractivity contribution in [2.45, 2.75) is 6.92 Å². The number of hydrogen-bond acceptors (Lipinski definition) is 3. The van der Waals surface area contributed by atoms with Crippen LogP contribution in [-0.4, -0.2) is 29.0 Å². The van der Waals surface area contributed by atoms with E-state index in [0.29, 0.717) is 6.21 Å². The largest absolute Gasteiger partial charge is 0.477 e. The van der Waals surface area contributed by atoms with E-state index < -0.39 is 5.97 Å². The molecule has 0 spiro atoms. The van der Waals surface area contributed by atoms with Crippen LogP contribution in [0.4, 0.5) is 0 Å². The van der Waals surface area contributed by atoms with Gasteiger partial charge in [-0.15, -0.1) is 0 Å². The lowest BCUT2D eigenvalue weighted by Crippen LogP contribution is -1.91. The fourth-order valence-electron chi connectivity index (χ4n) is 0. The highest BCUT2D eigenvalue weighted by Crippen LogP contribution is 1.40. The van der Waals surface area contributed by atoms with Crippen LogP contribution >= 0.6 is 0 Å². The van der Waals surface area contributed by atoms with E-state index in [1.165, 1.54) is 0 Å². The molecule has 0 aliphatic heterocycles. The average molecular weight is 119 g/mol. The van der Waals surface area contributed by atoms with Gasteiger partial charge in [-0.25, -0.2) is 4.79 Å². The maximum absolute atomic E-state index is 9.12. The number of carbonyl (C=O) groups is 1. The number of aliphatic carboxylic acids is 1.